The molecule has 2 rings (SSSR count). The van der Waals surface area contributed by atoms with Crippen LogP contribution in [0.1, 0.15) is 13.3 Å². The van der Waals surface area contributed by atoms with Gasteiger partial charge in [0, 0.05) is 19.9 Å². The second-order valence-electron chi connectivity index (χ2n) is 4.65. The number of carbonyl (C=O) groups is 3. The quantitative estimate of drug-likeness (QED) is 0.837. The fourth-order valence-electron chi connectivity index (χ4n) is 2.08. The Labute approximate surface area is 121 Å². The Balaban J connectivity index is 2.15. The molecule has 1 aliphatic rings. The molecular formula is C14H16N2O5. The van der Waals surface area contributed by atoms with Crippen molar-refractivity contribution >= 4 is 23.5 Å². The van der Waals surface area contributed by atoms with Gasteiger partial charge in [0.15, 0.2) is 0 Å². The molecule has 0 radical (unpaired) electrons. The van der Waals surface area contributed by atoms with Crippen LogP contribution in [0.2, 0.25) is 0 Å². The van der Waals surface area contributed by atoms with Crippen LogP contribution in [0, 0.1) is 0 Å². The van der Waals surface area contributed by atoms with Crippen molar-refractivity contribution in [1.82, 2.24) is 5.32 Å². The number of rotatable bonds is 4. The van der Waals surface area contributed by atoms with Crippen LogP contribution in [0.5, 0.6) is 5.75 Å². The second-order valence-corrected chi connectivity index (χ2v) is 4.65. The molecule has 1 aromatic rings. The van der Waals surface area contributed by atoms with E-state index in [-0.39, 0.29) is 31.3 Å². The number of hydrogen-bond acceptors (Lipinski definition) is 4. The van der Waals surface area contributed by atoms with E-state index in [9.17, 15) is 14.4 Å². The van der Waals surface area contributed by atoms with E-state index >= 15 is 0 Å². The van der Waals surface area contributed by atoms with Crippen molar-refractivity contribution in [3.63, 3.8) is 0 Å². The Bertz CT molecular complexity index is 572. The molecule has 2 amide bonds. The lowest BCUT2D eigenvalue weighted by atomic mass is 10.1. The predicted molar refractivity (Wildman–Crippen MR) is 74.1 cm³/mol. The molecule has 1 aliphatic heterocycles. The zero-order chi connectivity index (χ0) is 15.4. The standard InChI is InChI=1S/C14H16N2O5/c1-9(17)15-7-6-13(18)16-8-12(14(19)20)21-11-5-3-2-4-10(11)16/h2-5,12H,6-8H2,1H3,(H,15,17)(H,19,20). The van der Waals surface area contributed by atoms with Crippen molar-refractivity contribution in [3.05, 3.63) is 24.3 Å². The number of benzene rings is 1. The van der Waals surface area contributed by atoms with Gasteiger partial charge in [-0.2, -0.15) is 0 Å². The molecule has 0 aliphatic carbocycles. The number of hydrogen-bond donors (Lipinski definition) is 2. The lowest BCUT2D eigenvalue weighted by Crippen LogP contribution is -2.47. The van der Waals surface area contributed by atoms with E-state index in [4.69, 9.17) is 9.84 Å². The van der Waals surface area contributed by atoms with Gasteiger partial charge in [-0.25, -0.2) is 4.79 Å². The molecule has 7 heteroatoms. The van der Waals surface area contributed by atoms with Crippen molar-refractivity contribution in [2.24, 2.45) is 0 Å². The zero-order valence-corrected chi connectivity index (χ0v) is 11.5. The van der Waals surface area contributed by atoms with Crippen LogP contribution >= 0.6 is 0 Å². The SMILES string of the molecule is CC(=O)NCCC(=O)N1CC(C(=O)O)Oc2ccccc21. The lowest BCUT2D eigenvalue weighted by molar-refractivity contribution is -0.145. The maximum absolute atomic E-state index is 12.2. The van der Waals surface area contributed by atoms with Gasteiger partial charge in [-0.15, -0.1) is 0 Å². The number of carboxylic acids is 1. The highest BCUT2D eigenvalue weighted by molar-refractivity contribution is 5.96. The zero-order valence-electron chi connectivity index (χ0n) is 11.5. The highest BCUT2D eigenvalue weighted by Crippen LogP contribution is 2.33. The number of nitrogens with zero attached hydrogens (tertiary/aromatic N) is 1. The molecule has 1 unspecified atom stereocenters. The fourth-order valence-corrected chi connectivity index (χ4v) is 2.08. The van der Waals surface area contributed by atoms with E-state index in [1.807, 2.05) is 0 Å². The van der Waals surface area contributed by atoms with E-state index in [1.165, 1.54) is 11.8 Å². The number of carboxylic acid groups (broad SMARTS) is 1. The maximum Gasteiger partial charge on any atom is 0.346 e. The van der Waals surface area contributed by atoms with E-state index in [2.05, 4.69) is 5.32 Å². The summed E-state index contributed by atoms with van der Waals surface area (Å²) in [5, 5.41) is 11.6. The Kier molecular flexibility index (Phi) is 4.42. The molecule has 0 spiro atoms. The van der Waals surface area contributed by atoms with Gasteiger partial charge in [-0.3, -0.25) is 9.59 Å². The minimum absolute atomic E-state index is 0.0503. The molecule has 0 bridgehead atoms. The van der Waals surface area contributed by atoms with Crippen LogP contribution in [-0.2, 0) is 14.4 Å². The van der Waals surface area contributed by atoms with E-state index in [1.54, 1.807) is 24.3 Å². The topological polar surface area (TPSA) is 95.9 Å². The Hall–Kier alpha value is -2.57. The van der Waals surface area contributed by atoms with Crippen LogP contribution in [0.15, 0.2) is 24.3 Å². The Morgan fingerprint density at radius 2 is 2.10 bits per heavy atom. The summed E-state index contributed by atoms with van der Waals surface area (Å²) in [6.07, 6.45) is -0.995. The van der Waals surface area contributed by atoms with E-state index in [0.29, 0.717) is 11.4 Å². The first-order valence-corrected chi connectivity index (χ1v) is 6.52. The summed E-state index contributed by atoms with van der Waals surface area (Å²) < 4.78 is 5.35. The third-order valence-electron chi connectivity index (χ3n) is 3.06. The van der Waals surface area contributed by atoms with Gasteiger partial charge in [0.2, 0.25) is 17.9 Å². The van der Waals surface area contributed by atoms with Crippen molar-refractivity contribution in [2.75, 3.05) is 18.0 Å². The molecule has 0 saturated heterocycles. The van der Waals surface area contributed by atoms with Gasteiger partial charge in [0.1, 0.15) is 5.75 Å². The number of aliphatic carboxylic acids is 1. The van der Waals surface area contributed by atoms with Crippen molar-refractivity contribution < 1.29 is 24.2 Å². The summed E-state index contributed by atoms with van der Waals surface area (Å²) in [6, 6.07) is 6.78. The van der Waals surface area contributed by atoms with Crippen LogP contribution in [0.4, 0.5) is 5.69 Å². The average Bonchev–Trinajstić information content (AvgIpc) is 2.45. The van der Waals surface area contributed by atoms with Crippen molar-refractivity contribution in [2.45, 2.75) is 19.4 Å². The minimum atomic E-state index is -1.12. The van der Waals surface area contributed by atoms with Gasteiger partial charge >= 0.3 is 5.97 Å². The molecule has 0 fully saturated rings. The molecule has 2 N–H and O–H groups in total. The average molecular weight is 292 g/mol. The molecule has 0 aromatic heterocycles. The fraction of sp³-hybridized carbons (Fsp3) is 0.357. The number of carbonyl (C=O) groups excluding carboxylic acids is 2. The molecule has 1 heterocycles. The van der Waals surface area contributed by atoms with Crippen LogP contribution in [0.3, 0.4) is 0 Å². The largest absolute Gasteiger partial charge is 0.478 e. The summed E-state index contributed by atoms with van der Waals surface area (Å²) in [6.45, 7) is 1.53. The number of para-hydroxylation sites is 2. The lowest BCUT2D eigenvalue weighted by Gasteiger charge is -2.33. The highest BCUT2D eigenvalue weighted by atomic mass is 16.5. The highest BCUT2D eigenvalue weighted by Gasteiger charge is 2.33. The smallest absolute Gasteiger partial charge is 0.346 e. The number of ether oxygens (including phenoxy) is 1. The first-order valence-electron chi connectivity index (χ1n) is 6.52. The van der Waals surface area contributed by atoms with Gasteiger partial charge in [-0.05, 0) is 12.1 Å². The van der Waals surface area contributed by atoms with E-state index < -0.39 is 12.1 Å². The van der Waals surface area contributed by atoms with Gasteiger partial charge in [0.25, 0.3) is 0 Å². The van der Waals surface area contributed by atoms with Crippen LogP contribution < -0.4 is 15.0 Å². The molecule has 1 aromatic carbocycles. The van der Waals surface area contributed by atoms with Gasteiger partial charge in [-0.1, -0.05) is 12.1 Å². The summed E-state index contributed by atoms with van der Waals surface area (Å²) in [4.78, 5) is 35.5. The first kappa shape index (κ1) is 14.8. The third-order valence-corrected chi connectivity index (χ3v) is 3.06. The van der Waals surface area contributed by atoms with Gasteiger partial charge in [0.05, 0.1) is 12.2 Å². The Morgan fingerprint density at radius 3 is 2.76 bits per heavy atom. The third kappa shape index (κ3) is 3.50. The first-order chi connectivity index (χ1) is 9.99. The molecule has 1 atom stereocenters. The van der Waals surface area contributed by atoms with Crippen molar-refractivity contribution in [1.29, 1.82) is 0 Å². The minimum Gasteiger partial charge on any atom is -0.478 e. The summed E-state index contributed by atoms with van der Waals surface area (Å²) in [7, 11) is 0. The maximum atomic E-state index is 12.2. The summed E-state index contributed by atoms with van der Waals surface area (Å²) in [5.41, 5.74) is 0.544. The number of amides is 2. The molecular weight excluding hydrogens is 276 g/mol. The number of anilines is 1. The molecule has 7 nitrogen and oxygen atoms in total. The molecule has 112 valence electrons. The summed E-state index contributed by atoms with van der Waals surface area (Å²) in [5.74, 6) is -1.23. The number of nitrogens with one attached hydrogen (secondary N) is 1. The summed E-state index contributed by atoms with van der Waals surface area (Å²) >= 11 is 0. The number of fused-ring (bicyclic) bond motifs is 1. The second kappa shape index (κ2) is 6.25. The van der Waals surface area contributed by atoms with Gasteiger partial charge < -0.3 is 20.1 Å². The van der Waals surface area contributed by atoms with Crippen molar-refractivity contribution in [3.8, 4) is 5.75 Å². The van der Waals surface area contributed by atoms with Crippen LogP contribution in [0.25, 0.3) is 0 Å². The predicted octanol–water partition coefficient (Wildman–Crippen LogP) is 0.391. The van der Waals surface area contributed by atoms with Crippen LogP contribution in [-0.4, -0.2) is 42.1 Å². The normalized spacial score (nSPS) is 16.6. The van der Waals surface area contributed by atoms with E-state index in [0.717, 1.165) is 0 Å². The molecule has 0 saturated carbocycles. The Morgan fingerprint density at radius 1 is 1.38 bits per heavy atom. The monoisotopic (exact) mass is 292 g/mol. The molecule has 21 heavy (non-hydrogen) atoms.